The molecule has 9 heteroatoms. The van der Waals surface area contributed by atoms with E-state index in [1.807, 2.05) is 0 Å². The van der Waals surface area contributed by atoms with Crippen LogP contribution in [0.25, 0.3) is 0 Å². The van der Waals surface area contributed by atoms with Crippen molar-refractivity contribution in [2.45, 2.75) is 84.9 Å². The molecule has 0 saturated carbocycles. The Morgan fingerprint density at radius 3 is 1.60 bits per heavy atom. The van der Waals surface area contributed by atoms with Gasteiger partial charge in [-0.1, -0.05) is 27.7 Å². The molecule has 0 amide bonds. The van der Waals surface area contributed by atoms with Crippen LogP contribution in [0.4, 0.5) is 26.3 Å². The third-order valence-corrected chi connectivity index (χ3v) is 4.01. The summed E-state index contributed by atoms with van der Waals surface area (Å²) in [6.07, 6.45) is -15.4. The normalized spacial score (nSPS) is 15.9. The first kappa shape index (κ1) is 24.0. The van der Waals surface area contributed by atoms with Crippen LogP contribution in [0.3, 0.4) is 0 Å². The van der Waals surface area contributed by atoms with Crippen molar-refractivity contribution in [1.29, 1.82) is 0 Å². The van der Waals surface area contributed by atoms with E-state index in [4.69, 9.17) is 4.74 Å². The van der Waals surface area contributed by atoms with Gasteiger partial charge < -0.3 is 9.84 Å². The minimum Gasteiger partial charge on any atom is -0.462 e. The second-order valence-electron chi connectivity index (χ2n) is 8.09. The van der Waals surface area contributed by atoms with E-state index < -0.39 is 47.3 Å². The zero-order valence-electron chi connectivity index (χ0n) is 15.2. The molecule has 0 radical (unpaired) electrons. The Morgan fingerprint density at radius 1 is 0.920 bits per heavy atom. The number of hydrogen-bond acceptors (Lipinski definition) is 3. The smallest absolute Gasteiger partial charge is 0.426 e. The highest BCUT2D eigenvalue weighted by Crippen LogP contribution is 2.47. The van der Waals surface area contributed by atoms with Crippen molar-refractivity contribution in [1.82, 2.24) is 0 Å². The highest BCUT2D eigenvalue weighted by atomic mass is 19.4. The molecule has 1 atom stereocenters. The standard InChI is InChI=1S/C16H26F6O3/c1-7-13(5,6)11(23)25-10(8-12(2,3)4)9-14(24,15(17,18)19)16(20,21)22/h10,24H,7-9H2,1-6H3. The molecule has 0 aromatic carbocycles. The molecule has 3 nitrogen and oxygen atoms in total. The van der Waals surface area contributed by atoms with Gasteiger partial charge in [0.15, 0.2) is 0 Å². The monoisotopic (exact) mass is 380 g/mol. The van der Waals surface area contributed by atoms with Gasteiger partial charge in [0.25, 0.3) is 5.60 Å². The van der Waals surface area contributed by atoms with Gasteiger partial charge >= 0.3 is 18.3 Å². The van der Waals surface area contributed by atoms with E-state index in [1.54, 1.807) is 27.7 Å². The molecule has 0 aliphatic carbocycles. The van der Waals surface area contributed by atoms with Gasteiger partial charge in [0.1, 0.15) is 6.10 Å². The van der Waals surface area contributed by atoms with E-state index in [-0.39, 0.29) is 12.8 Å². The minimum absolute atomic E-state index is 0.271. The fourth-order valence-electron chi connectivity index (χ4n) is 2.02. The summed E-state index contributed by atoms with van der Waals surface area (Å²) in [5, 5.41) is 9.38. The fraction of sp³-hybridized carbons (Fsp3) is 0.938. The maximum absolute atomic E-state index is 12.9. The Balaban J connectivity index is 5.74. The summed E-state index contributed by atoms with van der Waals surface area (Å²) in [6, 6.07) is 0. The summed E-state index contributed by atoms with van der Waals surface area (Å²) in [6.45, 7) is 9.34. The van der Waals surface area contributed by atoms with Crippen LogP contribution >= 0.6 is 0 Å². The Morgan fingerprint density at radius 2 is 1.32 bits per heavy atom. The molecule has 0 aliphatic rings. The lowest BCUT2D eigenvalue weighted by molar-refractivity contribution is -0.374. The van der Waals surface area contributed by atoms with Gasteiger partial charge in [0.05, 0.1) is 5.41 Å². The number of carbonyl (C=O) groups is 1. The molecule has 0 aliphatic heterocycles. The van der Waals surface area contributed by atoms with Crippen molar-refractivity contribution in [2.75, 3.05) is 0 Å². The third-order valence-electron chi connectivity index (χ3n) is 4.01. The molecule has 0 rings (SSSR count). The number of aliphatic hydroxyl groups is 1. The van der Waals surface area contributed by atoms with Crippen molar-refractivity contribution in [2.24, 2.45) is 10.8 Å². The van der Waals surface area contributed by atoms with Gasteiger partial charge in [-0.15, -0.1) is 0 Å². The Hall–Kier alpha value is -0.990. The third kappa shape index (κ3) is 6.34. The van der Waals surface area contributed by atoms with E-state index in [1.165, 1.54) is 13.8 Å². The molecule has 150 valence electrons. The first-order valence-corrected chi connectivity index (χ1v) is 7.84. The molecule has 0 heterocycles. The first-order chi connectivity index (χ1) is 10.8. The zero-order valence-corrected chi connectivity index (χ0v) is 15.2. The van der Waals surface area contributed by atoms with Crippen molar-refractivity contribution >= 4 is 5.97 Å². The summed E-state index contributed by atoms with van der Waals surface area (Å²) >= 11 is 0. The second-order valence-corrected chi connectivity index (χ2v) is 8.09. The molecule has 0 fully saturated rings. The minimum atomic E-state index is -5.95. The van der Waals surface area contributed by atoms with Crippen molar-refractivity contribution < 1.29 is 41.0 Å². The number of alkyl halides is 6. The lowest BCUT2D eigenvalue weighted by Crippen LogP contribution is -2.59. The molecule has 0 aromatic heterocycles. The highest BCUT2D eigenvalue weighted by Gasteiger charge is 2.71. The molecule has 0 saturated heterocycles. The molecule has 0 aromatic rings. The molecule has 0 bridgehead atoms. The van der Waals surface area contributed by atoms with Crippen LogP contribution in [0.2, 0.25) is 0 Å². The molecule has 25 heavy (non-hydrogen) atoms. The van der Waals surface area contributed by atoms with Crippen LogP contribution in [0.5, 0.6) is 0 Å². The molecule has 1 unspecified atom stereocenters. The molecule has 0 spiro atoms. The number of esters is 1. The van der Waals surface area contributed by atoms with E-state index >= 15 is 0 Å². The van der Waals surface area contributed by atoms with E-state index in [0.29, 0.717) is 0 Å². The van der Waals surface area contributed by atoms with Gasteiger partial charge in [-0.25, -0.2) is 0 Å². The van der Waals surface area contributed by atoms with Gasteiger partial charge in [0.2, 0.25) is 0 Å². The molecular weight excluding hydrogens is 354 g/mol. The van der Waals surface area contributed by atoms with Crippen molar-refractivity contribution in [3.8, 4) is 0 Å². The zero-order chi connectivity index (χ0) is 20.5. The van der Waals surface area contributed by atoms with Gasteiger partial charge in [-0.3, -0.25) is 4.79 Å². The topological polar surface area (TPSA) is 46.5 Å². The maximum Gasteiger partial charge on any atom is 0.426 e. The van der Waals surface area contributed by atoms with Crippen LogP contribution in [0, 0.1) is 10.8 Å². The maximum atomic E-state index is 12.9. The number of halogens is 6. The lowest BCUT2D eigenvalue weighted by Gasteiger charge is -2.37. The number of rotatable bonds is 6. The second kappa shape index (κ2) is 7.32. The van der Waals surface area contributed by atoms with Crippen LogP contribution < -0.4 is 0 Å². The average molecular weight is 380 g/mol. The average Bonchev–Trinajstić information content (AvgIpc) is 2.33. The summed E-state index contributed by atoms with van der Waals surface area (Å²) in [7, 11) is 0. The van der Waals surface area contributed by atoms with Gasteiger partial charge in [-0.2, -0.15) is 26.3 Å². The van der Waals surface area contributed by atoms with Crippen molar-refractivity contribution in [3.63, 3.8) is 0 Å². The van der Waals surface area contributed by atoms with Crippen LogP contribution in [-0.2, 0) is 9.53 Å². The van der Waals surface area contributed by atoms with Crippen LogP contribution in [-0.4, -0.2) is 35.1 Å². The van der Waals surface area contributed by atoms with E-state index in [9.17, 15) is 36.2 Å². The largest absolute Gasteiger partial charge is 0.462 e. The van der Waals surface area contributed by atoms with E-state index in [0.717, 1.165) is 0 Å². The summed E-state index contributed by atoms with van der Waals surface area (Å²) < 4.78 is 82.5. The predicted molar refractivity (Wildman–Crippen MR) is 79.7 cm³/mol. The first-order valence-electron chi connectivity index (χ1n) is 7.84. The van der Waals surface area contributed by atoms with Gasteiger partial charge in [0, 0.05) is 6.42 Å². The van der Waals surface area contributed by atoms with Crippen LogP contribution in [0.1, 0.15) is 60.8 Å². The number of hydrogen-bond donors (Lipinski definition) is 1. The molecule has 1 N–H and O–H groups in total. The SMILES string of the molecule is CCC(C)(C)C(=O)OC(CC(C)(C)C)CC(O)(C(F)(F)F)C(F)(F)F. The summed E-state index contributed by atoms with van der Waals surface area (Å²) in [5.41, 5.74) is -6.74. The van der Waals surface area contributed by atoms with Crippen molar-refractivity contribution in [3.05, 3.63) is 0 Å². The summed E-state index contributed by atoms with van der Waals surface area (Å²) in [5.74, 6) is -0.907. The molecular formula is C16H26F6O3. The Kier molecular flexibility index (Phi) is 7.03. The fourth-order valence-corrected chi connectivity index (χ4v) is 2.02. The highest BCUT2D eigenvalue weighted by molar-refractivity contribution is 5.76. The Labute approximate surface area is 143 Å². The lowest BCUT2D eigenvalue weighted by atomic mass is 9.83. The van der Waals surface area contributed by atoms with Crippen LogP contribution in [0.15, 0.2) is 0 Å². The van der Waals surface area contributed by atoms with Gasteiger partial charge in [-0.05, 0) is 32.1 Å². The summed E-state index contributed by atoms with van der Waals surface area (Å²) in [4.78, 5) is 12.1. The quantitative estimate of drug-likeness (QED) is 0.520. The van der Waals surface area contributed by atoms with E-state index in [2.05, 4.69) is 0 Å². The predicted octanol–water partition coefficient (Wildman–Crippen LogP) is 5.02. The number of carbonyl (C=O) groups excluding carboxylic acids is 1. The number of ether oxygens (including phenoxy) is 1. The Bertz CT molecular complexity index is 446.